The van der Waals surface area contributed by atoms with Gasteiger partial charge in [-0.25, -0.2) is 23.1 Å². The Balaban J connectivity index is 2.79. The van der Waals surface area contributed by atoms with E-state index in [9.17, 15) is 18.0 Å². The zero-order chi connectivity index (χ0) is 15.5. The molecule has 1 unspecified atom stereocenters. The monoisotopic (exact) mass is 301 g/mol. The number of rotatable bonds is 4. The van der Waals surface area contributed by atoms with Crippen molar-refractivity contribution in [2.75, 3.05) is 12.4 Å². The Bertz CT molecular complexity index is 611. The van der Waals surface area contributed by atoms with E-state index in [0.717, 1.165) is 4.90 Å². The van der Waals surface area contributed by atoms with Crippen LogP contribution in [0.1, 0.15) is 6.92 Å². The fraction of sp³-hybridized carbons (Fsp3) is 0.273. The third-order valence-electron chi connectivity index (χ3n) is 2.69. The summed E-state index contributed by atoms with van der Waals surface area (Å²) in [5.41, 5.74) is 0.326. The molecule has 0 aromatic heterocycles. The Hall–Kier alpha value is -2.13. The number of hydrogen-bond donors (Lipinski definition) is 3. The van der Waals surface area contributed by atoms with Crippen LogP contribution < -0.4 is 10.5 Å². The van der Waals surface area contributed by atoms with Gasteiger partial charge in [-0.05, 0) is 31.2 Å². The molecular formula is C11H15N3O5S. The molecule has 0 fully saturated rings. The number of hydrogen-bond acceptors (Lipinski definition) is 4. The van der Waals surface area contributed by atoms with E-state index in [-0.39, 0.29) is 4.90 Å². The summed E-state index contributed by atoms with van der Waals surface area (Å²) in [7, 11) is -2.45. The van der Waals surface area contributed by atoms with Crippen molar-refractivity contribution >= 4 is 27.7 Å². The Morgan fingerprint density at radius 3 is 2.20 bits per heavy atom. The predicted octanol–water partition coefficient (Wildman–Crippen LogP) is 0.271. The van der Waals surface area contributed by atoms with Crippen LogP contribution in [0.15, 0.2) is 29.2 Å². The van der Waals surface area contributed by atoms with E-state index >= 15 is 0 Å². The van der Waals surface area contributed by atoms with E-state index in [4.69, 9.17) is 10.2 Å². The quantitative estimate of drug-likeness (QED) is 0.735. The second-order valence-corrected chi connectivity index (χ2v) is 5.69. The summed E-state index contributed by atoms with van der Waals surface area (Å²) >= 11 is 0. The molecule has 0 aliphatic carbocycles. The fourth-order valence-corrected chi connectivity index (χ4v) is 1.80. The van der Waals surface area contributed by atoms with Gasteiger partial charge in [0.2, 0.25) is 10.0 Å². The van der Waals surface area contributed by atoms with Crippen molar-refractivity contribution in [3.8, 4) is 0 Å². The molecule has 0 saturated heterocycles. The van der Waals surface area contributed by atoms with Gasteiger partial charge in [0.15, 0.2) is 0 Å². The standard InChI is InChI=1S/C11H15N3O5S/c1-7(10(15)16)14(2)11(17)13-8-3-5-9(6-4-8)20(12,18)19/h3-7H,1-2H3,(H,13,17)(H,15,16)(H2,12,18,19). The number of likely N-dealkylation sites (N-methyl/N-ethyl adjacent to an activating group) is 1. The Morgan fingerprint density at radius 1 is 1.30 bits per heavy atom. The van der Waals surface area contributed by atoms with Crippen molar-refractivity contribution in [1.82, 2.24) is 4.90 Å². The number of carboxylic acid groups (broad SMARTS) is 1. The van der Waals surface area contributed by atoms with Gasteiger partial charge >= 0.3 is 12.0 Å². The summed E-state index contributed by atoms with van der Waals surface area (Å²) < 4.78 is 22.1. The molecule has 2 amide bonds. The Labute approximate surface area is 116 Å². The first-order chi connectivity index (χ1) is 9.12. The van der Waals surface area contributed by atoms with Gasteiger partial charge in [0.05, 0.1) is 4.90 Å². The molecule has 0 aliphatic rings. The molecule has 0 spiro atoms. The number of primary sulfonamides is 1. The largest absolute Gasteiger partial charge is 0.480 e. The van der Waals surface area contributed by atoms with E-state index in [0.29, 0.717) is 5.69 Å². The number of benzene rings is 1. The van der Waals surface area contributed by atoms with Crippen molar-refractivity contribution in [3.63, 3.8) is 0 Å². The first-order valence-corrected chi connectivity index (χ1v) is 7.07. The number of urea groups is 1. The summed E-state index contributed by atoms with van der Waals surface area (Å²) in [5, 5.41) is 16.2. The average molecular weight is 301 g/mol. The molecule has 1 aromatic carbocycles. The molecule has 1 atom stereocenters. The van der Waals surface area contributed by atoms with Crippen LogP contribution in [-0.4, -0.2) is 43.5 Å². The van der Waals surface area contributed by atoms with Crippen LogP contribution in [0.4, 0.5) is 10.5 Å². The average Bonchev–Trinajstić information content (AvgIpc) is 2.36. The van der Waals surface area contributed by atoms with Gasteiger partial charge in [-0.3, -0.25) is 0 Å². The lowest BCUT2D eigenvalue weighted by atomic mass is 10.3. The number of sulfonamides is 1. The Morgan fingerprint density at radius 2 is 1.80 bits per heavy atom. The number of carboxylic acids is 1. The van der Waals surface area contributed by atoms with E-state index in [1.54, 1.807) is 0 Å². The van der Waals surface area contributed by atoms with Gasteiger partial charge in [0.1, 0.15) is 6.04 Å². The van der Waals surface area contributed by atoms with Crippen molar-refractivity contribution in [2.24, 2.45) is 5.14 Å². The second-order valence-electron chi connectivity index (χ2n) is 4.12. The zero-order valence-corrected chi connectivity index (χ0v) is 11.7. The van der Waals surface area contributed by atoms with Crippen LogP contribution >= 0.6 is 0 Å². The number of amides is 2. The summed E-state index contributed by atoms with van der Waals surface area (Å²) in [4.78, 5) is 23.4. The van der Waals surface area contributed by atoms with Crippen LogP contribution in [-0.2, 0) is 14.8 Å². The van der Waals surface area contributed by atoms with Crippen LogP contribution in [0.5, 0.6) is 0 Å². The number of anilines is 1. The lowest BCUT2D eigenvalue weighted by molar-refractivity contribution is -0.141. The lowest BCUT2D eigenvalue weighted by Gasteiger charge is -2.21. The number of nitrogens with one attached hydrogen (secondary N) is 1. The molecule has 9 heteroatoms. The molecule has 20 heavy (non-hydrogen) atoms. The molecule has 0 saturated carbocycles. The van der Waals surface area contributed by atoms with E-state index in [2.05, 4.69) is 5.32 Å². The molecule has 1 rings (SSSR count). The third kappa shape index (κ3) is 3.93. The topological polar surface area (TPSA) is 130 Å². The maximum Gasteiger partial charge on any atom is 0.326 e. The van der Waals surface area contributed by atoms with Gasteiger partial charge in [-0.1, -0.05) is 0 Å². The van der Waals surface area contributed by atoms with Crippen molar-refractivity contribution < 1.29 is 23.1 Å². The highest BCUT2D eigenvalue weighted by Gasteiger charge is 2.21. The maximum absolute atomic E-state index is 11.7. The van der Waals surface area contributed by atoms with Crippen LogP contribution in [0, 0.1) is 0 Å². The van der Waals surface area contributed by atoms with Gasteiger partial charge < -0.3 is 15.3 Å². The number of nitrogens with two attached hydrogens (primary N) is 1. The SMILES string of the molecule is CC(C(=O)O)N(C)C(=O)Nc1ccc(S(N)(=O)=O)cc1. The third-order valence-corrected chi connectivity index (χ3v) is 3.62. The first kappa shape index (κ1) is 15.9. The molecule has 0 radical (unpaired) electrons. The summed E-state index contributed by atoms with van der Waals surface area (Å²) in [6.07, 6.45) is 0. The normalized spacial score (nSPS) is 12.6. The molecule has 0 aliphatic heterocycles. The minimum atomic E-state index is -3.79. The lowest BCUT2D eigenvalue weighted by Crippen LogP contribution is -2.42. The van der Waals surface area contributed by atoms with Crippen LogP contribution in [0.2, 0.25) is 0 Å². The highest BCUT2D eigenvalue weighted by Crippen LogP contribution is 2.13. The van der Waals surface area contributed by atoms with Gasteiger partial charge in [0.25, 0.3) is 0 Å². The molecule has 110 valence electrons. The first-order valence-electron chi connectivity index (χ1n) is 5.52. The fourth-order valence-electron chi connectivity index (χ4n) is 1.28. The summed E-state index contributed by atoms with van der Waals surface area (Å²) in [5.74, 6) is -1.13. The van der Waals surface area contributed by atoms with Gasteiger partial charge in [-0.2, -0.15) is 0 Å². The van der Waals surface area contributed by atoms with E-state index in [1.165, 1.54) is 38.2 Å². The molecule has 4 N–H and O–H groups in total. The zero-order valence-electron chi connectivity index (χ0n) is 10.9. The number of carbonyl (C=O) groups excluding carboxylic acids is 1. The molecule has 1 aromatic rings. The maximum atomic E-state index is 11.7. The van der Waals surface area contributed by atoms with Crippen molar-refractivity contribution in [2.45, 2.75) is 17.9 Å². The minimum absolute atomic E-state index is 0.0808. The van der Waals surface area contributed by atoms with Crippen molar-refractivity contribution in [3.05, 3.63) is 24.3 Å². The van der Waals surface area contributed by atoms with Crippen LogP contribution in [0.3, 0.4) is 0 Å². The van der Waals surface area contributed by atoms with Crippen LogP contribution in [0.25, 0.3) is 0 Å². The molecule has 8 nitrogen and oxygen atoms in total. The van der Waals surface area contributed by atoms with E-state index < -0.39 is 28.1 Å². The minimum Gasteiger partial charge on any atom is -0.480 e. The predicted molar refractivity (Wildman–Crippen MR) is 71.7 cm³/mol. The number of carbonyl (C=O) groups is 2. The van der Waals surface area contributed by atoms with Gasteiger partial charge in [0, 0.05) is 12.7 Å². The molecule has 0 heterocycles. The van der Waals surface area contributed by atoms with Crippen molar-refractivity contribution in [1.29, 1.82) is 0 Å². The summed E-state index contributed by atoms with van der Waals surface area (Å²) in [6, 6.07) is 3.59. The number of aliphatic carboxylic acids is 1. The Kier molecular flexibility index (Phi) is 4.69. The van der Waals surface area contributed by atoms with E-state index in [1.807, 2.05) is 0 Å². The summed E-state index contributed by atoms with van der Waals surface area (Å²) in [6.45, 7) is 1.37. The smallest absolute Gasteiger partial charge is 0.326 e. The molecule has 0 bridgehead atoms. The number of nitrogens with zero attached hydrogens (tertiary/aromatic N) is 1. The highest BCUT2D eigenvalue weighted by atomic mass is 32.2. The highest BCUT2D eigenvalue weighted by molar-refractivity contribution is 7.89. The molecular weight excluding hydrogens is 286 g/mol. The van der Waals surface area contributed by atoms with Gasteiger partial charge in [-0.15, -0.1) is 0 Å². The second kappa shape index (κ2) is 5.88.